The summed E-state index contributed by atoms with van der Waals surface area (Å²) in [5, 5.41) is 0. The minimum Gasteiger partial charge on any atom is -0.335 e. The summed E-state index contributed by atoms with van der Waals surface area (Å²) in [5.41, 5.74) is 8.53. The summed E-state index contributed by atoms with van der Waals surface area (Å²) in [6.07, 6.45) is 5.75. The van der Waals surface area contributed by atoms with Crippen LogP contribution in [0.2, 0.25) is 0 Å². The zero-order chi connectivity index (χ0) is 13.9. The minimum atomic E-state index is -0.386. The number of hydrogen-bond acceptors (Lipinski definition) is 2. The summed E-state index contributed by atoms with van der Waals surface area (Å²) in [4.78, 5) is 4.45. The van der Waals surface area contributed by atoms with Crippen molar-refractivity contribution in [3.8, 4) is 0 Å². The molecule has 0 saturated carbocycles. The average molecular weight is 257 g/mol. The van der Waals surface area contributed by atoms with Gasteiger partial charge in [-0.1, -0.05) is 36.8 Å². The first-order valence-corrected chi connectivity index (χ1v) is 6.89. The number of benzene rings is 1. The Hall–Kier alpha value is -1.61. The summed E-state index contributed by atoms with van der Waals surface area (Å²) < 4.78 is 2.20. The highest BCUT2D eigenvalue weighted by atomic mass is 15.1. The average Bonchev–Trinajstić information content (AvgIpc) is 2.76. The number of nitrogens with zero attached hydrogens (tertiary/aromatic N) is 2. The Bertz CT molecular complexity index is 540. The van der Waals surface area contributed by atoms with Gasteiger partial charge < -0.3 is 10.3 Å². The molecule has 2 aromatic rings. The van der Waals surface area contributed by atoms with E-state index in [1.165, 1.54) is 11.1 Å². The van der Waals surface area contributed by atoms with E-state index in [4.69, 9.17) is 5.73 Å². The van der Waals surface area contributed by atoms with Gasteiger partial charge in [0.05, 0.1) is 0 Å². The van der Waals surface area contributed by atoms with E-state index in [-0.39, 0.29) is 5.54 Å². The van der Waals surface area contributed by atoms with Gasteiger partial charge in [-0.25, -0.2) is 4.98 Å². The van der Waals surface area contributed by atoms with Crippen molar-refractivity contribution < 1.29 is 0 Å². The van der Waals surface area contributed by atoms with Crippen LogP contribution in [0.1, 0.15) is 37.2 Å². The standard InChI is InChI=1S/C16H23N3/c1-4-9-19-10-8-18-15(19)12-16(3,17)14-7-5-6-13(2)11-14/h5-8,10-11H,4,9,12,17H2,1-3H3. The van der Waals surface area contributed by atoms with Crippen LogP contribution in [0.3, 0.4) is 0 Å². The van der Waals surface area contributed by atoms with Gasteiger partial charge in [-0.05, 0) is 25.8 Å². The van der Waals surface area contributed by atoms with Crippen molar-refractivity contribution in [2.75, 3.05) is 0 Å². The molecule has 1 heterocycles. The second-order valence-electron chi connectivity index (χ2n) is 5.50. The smallest absolute Gasteiger partial charge is 0.110 e. The molecule has 0 aliphatic rings. The summed E-state index contributed by atoms with van der Waals surface area (Å²) in [6, 6.07) is 8.42. The highest BCUT2D eigenvalue weighted by Crippen LogP contribution is 2.23. The van der Waals surface area contributed by atoms with E-state index in [9.17, 15) is 0 Å². The van der Waals surface area contributed by atoms with Crippen LogP contribution in [0.25, 0.3) is 0 Å². The first-order chi connectivity index (χ1) is 9.03. The molecule has 0 radical (unpaired) electrons. The molecule has 0 amide bonds. The van der Waals surface area contributed by atoms with Crippen molar-refractivity contribution in [1.29, 1.82) is 0 Å². The zero-order valence-electron chi connectivity index (χ0n) is 12.1. The van der Waals surface area contributed by atoms with Gasteiger partial charge in [0.2, 0.25) is 0 Å². The highest BCUT2D eigenvalue weighted by Gasteiger charge is 2.23. The Labute approximate surface area is 115 Å². The number of hydrogen-bond donors (Lipinski definition) is 1. The van der Waals surface area contributed by atoms with Crippen molar-refractivity contribution in [3.63, 3.8) is 0 Å². The van der Waals surface area contributed by atoms with Gasteiger partial charge >= 0.3 is 0 Å². The fraction of sp³-hybridized carbons (Fsp3) is 0.438. The third-order valence-corrected chi connectivity index (χ3v) is 3.47. The summed E-state index contributed by atoms with van der Waals surface area (Å²) >= 11 is 0. The highest BCUT2D eigenvalue weighted by molar-refractivity contribution is 5.29. The van der Waals surface area contributed by atoms with Gasteiger partial charge in [0.25, 0.3) is 0 Å². The second kappa shape index (κ2) is 5.57. The molecule has 3 nitrogen and oxygen atoms in total. The van der Waals surface area contributed by atoms with Crippen LogP contribution in [-0.2, 0) is 18.5 Å². The lowest BCUT2D eigenvalue weighted by molar-refractivity contribution is 0.461. The summed E-state index contributed by atoms with van der Waals surface area (Å²) in [6.45, 7) is 7.34. The van der Waals surface area contributed by atoms with E-state index < -0.39 is 0 Å². The maximum atomic E-state index is 6.51. The molecular formula is C16H23N3. The number of nitrogens with two attached hydrogens (primary N) is 1. The monoisotopic (exact) mass is 257 g/mol. The van der Waals surface area contributed by atoms with E-state index in [1.807, 2.05) is 12.4 Å². The van der Waals surface area contributed by atoms with Crippen LogP contribution in [0.5, 0.6) is 0 Å². The Morgan fingerprint density at radius 2 is 2.16 bits per heavy atom. The first kappa shape index (κ1) is 13.8. The van der Waals surface area contributed by atoms with E-state index >= 15 is 0 Å². The molecule has 2 N–H and O–H groups in total. The largest absolute Gasteiger partial charge is 0.335 e. The summed E-state index contributed by atoms with van der Waals surface area (Å²) in [5.74, 6) is 1.06. The Morgan fingerprint density at radius 1 is 1.37 bits per heavy atom. The zero-order valence-corrected chi connectivity index (χ0v) is 12.1. The molecule has 0 fully saturated rings. The molecular weight excluding hydrogens is 234 g/mol. The predicted molar refractivity (Wildman–Crippen MR) is 78.9 cm³/mol. The van der Waals surface area contributed by atoms with Crippen molar-refractivity contribution in [3.05, 3.63) is 53.6 Å². The lowest BCUT2D eigenvalue weighted by Crippen LogP contribution is -2.36. The molecule has 1 aromatic heterocycles. The van der Waals surface area contributed by atoms with Gasteiger partial charge in [-0.2, -0.15) is 0 Å². The fourth-order valence-electron chi connectivity index (χ4n) is 2.38. The quantitative estimate of drug-likeness (QED) is 0.894. The van der Waals surface area contributed by atoms with Gasteiger partial charge in [0, 0.05) is 30.9 Å². The number of aromatic nitrogens is 2. The van der Waals surface area contributed by atoms with Crippen LogP contribution >= 0.6 is 0 Å². The van der Waals surface area contributed by atoms with Crippen LogP contribution in [0.15, 0.2) is 36.7 Å². The number of rotatable bonds is 5. The van der Waals surface area contributed by atoms with E-state index in [0.29, 0.717) is 0 Å². The predicted octanol–water partition coefficient (Wildman–Crippen LogP) is 3.02. The molecule has 19 heavy (non-hydrogen) atoms. The fourth-order valence-corrected chi connectivity index (χ4v) is 2.38. The van der Waals surface area contributed by atoms with Gasteiger partial charge in [0.1, 0.15) is 5.82 Å². The Morgan fingerprint density at radius 3 is 2.84 bits per heavy atom. The molecule has 0 bridgehead atoms. The van der Waals surface area contributed by atoms with Gasteiger partial charge in [-0.15, -0.1) is 0 Å². The molecule has 2 rings (SSSR count). The van der Waals surface area contributed by atoms with Crippen molar-refractivity contribution in [2.24, 2.45) is 5.73 Å². The van der Waals surface area contributed by atoms with E-state index in [1.54, 1.807) is 0 Å². The number of aryl methyl sites for hydroxylation is 2. The normalized spacial score (nSPS) is 14.3. The summed E-state index contributed by atoms with van der Waals surface area (Å²) in [7, 11) is 0. The lowest BCUT2D eigenvalue weighted by atomic mass is 9.88. The molecule has 3 heteroatoms. The minimum absolute atomic E-state index is 0.386. The molecule has 102 valence electrons. The second-order valence-corrected chi connectivity index (χ2v) is 5.50. The maximum Gasteiger partial charge on any atom is 0.110 e. The SMILES string of the molecule is CCCn1ccnc1CC(C)(N)c1cccc(C)c1. The van der Waals surface area contributed by atoms with Crippen LogP contribution in [-0.4, -0.2) is 9.55 Å². The molecule has 0 spiro atoms. The third kappa shape index (κ3) is 3.24. The van der Waals surface area contributed by atoms with Gasteiger partial charge in [0.15, 0.2) is 0 Å². The Balaban J connectivity index is 2.23. The molecule has 1 unspecified atom stereocenters. The Kier molecular flexibility index (Phi) is 4.05. The topological polar surface area (TPSA) is 43.8 Å². The molecule has 0 aliphatic heterocycles. The third-order valence-electron chi connectivity index (χ3n) is 3.47. The number of imidazole rings is 1. The maximum absolute atomic E-state index is 6.51. The van der Waals surface area contributed by atoms with Gasteiger partial charge in [-0.3, -0.25) is 0 Å². The molecule has 1 aromatic carbocycles. The van der Waals surface area contributed by atoms with E-state index in [0.717, 1.165) is 25.2 Å². The molecule has 0 aliphatic carbocycles. The van der Waals surface area contributed by atoms with Crippen LogP contribution in [0.4, 0.5) is 0 Å². The molecule has 1 atom stereocenters. The van der Waals surface area contributed by atoms with Crippen LogP contribution in [0, 0.1) is 6.92 Å². The molecule has 0 saturated heterocycles. The van der Waals surface area contributed by atoms with Crippen molar-refractivity contribution in [1.82, 2.24) is 9.55 Å². The lowest BCUT2D eigenvalue weighted by Gasteiger charge is -2.25. The van der Waals surface area contributed by atoms with E-state index in [2.05, 4.69) is 54.6 Å². The van der Waals surface area contributed by atoms with Crippen molar-refractivity contribution >= 4 is 0 Å². The first-order valence-electron chi connectivity index (χ1n) is 6.89. The van der Waals surface area contributed by atoms with Crippen molar-refractivity contribution in [2.45, 2.75) is 45.7 Å². The van der Waals surface area contributed by atoms with Crippen LogP contribution < -0.4 is 5.73 Å².